The first-order chi connectivity index (χ1) is 15.4. The van der Waals surface area contributed by atoms with E-state index in [-0.39, 0.29) is 94.8 Å². The van der Waals surface area contributed by atoms with E-state index in [0.717, 1.165) is 0 Å². The van der Waals surface area contributed by atoms with Crippen molar-refractivity contribution in [3.63, 3.8) is 0 Å². The highest BCUT2D eigenvalue weighted by molar-refractivity contribution is 5.79. The van der Waals surface area contributed by atoms with Gasteiger partial charge >= 0.3 is 5.97 Å². The van der Waals surface area contributed by atoms with Crippen molar-refractivity contribution in [2.45, 2.75) is 26.3 Å². The molecule has 2 N–H and O–H groups in total. The summed E-state index contributed by atoms with van der Waals surface area (Å²) < 4.78 is 20.0. The van der Waals surface area contributed by atoms with Gasteiger partial charge < -0.3 is 29.4 Å². The Morgan fingerprint density at radius 1 is 0.781 bits per heavy atom. The van der Waals surface area contributed by atoms with Crippen LogP contribution in [0.15, 0.2) is 0 Å². The number of ether oxygens (including phenoxy) is 4. The number of nitrogens with one attached hydrogen (secondary N) is 1. The molecular formula is C18H27N5O9. The Kier molecular flexibility index (Phi) is 14.2. The van der Waals surface area contributed by atoms with Crippen molar-refractivity contribution >= 4 is 23.4 Å². The third kappa shape index (κ3) is 15.0. The number of aromatic nitrogens is 4. The molecule has 0 aromatic carbocycles. The predicted molar refractivity (Wildman–Crippen MR) is 104 cm³/mol. The van der Waals surface area contributed by atoms with E-state index in [1.165, 1.54) is 6.92 Å². The van der Waals surface area contributed by atoms with Gasteiger partial charge in [-0.15, -0.1) is 20.4 Å². The van der Waals surface area contributed by atoms with Gasteiger partial charge in [-0.05, 0) is 6.92 Å². The van der Waals surface area contributed by atoms with Crippen LogP contribution in [-0.4, -0.2) is 102 Å². The lowest BCUT2D eigenvalue weighted by Gasteiger charge is -2.06. The first-order valence-electron chi connectivity index (χ1n) is 9.72. The number of aryl methyl sites for hydroxylation is 1. The molecule has 0 saturated heterocycles. The summed E-state index contributed by atoms with van der Waals surface area (Å²) in [6, 6.07) is 0. The molecule has 14 nitrogen and oxygen atoms in total. The quantitative estimate of drug-likeness (QED) is 0.220. The molecule has 0 radical (unpaired) electrons. The number of carboxylic acid groups (broad SMARTS) is 1. The first kappa shape index (κ1) is 27.1. The highest BCUT2D eigenvalue weighted by Gasteiger charge is 2.08. The van der Waals surface area contributed by atoms with Crippen LogP contribution in [0.4, 0.5) is 0 Å². The van der Waals surface area contributed by atoms with Crippen molar-refractivity contribution in [1.82, 2.24) is 25.7 Å². The minimum Gasteiger partial charge on any atom is -0.480 e. The van der Waals surface area contributed by atoms with Gasteiger partial charge in [0, 0.05) is 12.8 Å². The van der Waals surface area contributed by atoms with Crippen molar-refractivity contribution in [2.24, 2.45) is 0 Å². The van der Waals surface area contributed by atoms with Crippen molar-refractivity contribution in [2.75, 3.05) is 52.9 Å². The molecule has 1 heterocycles. The number of amides is 1. The van der Waals surface area contributed by atoms with Crippen LogP contribution in [-0.2, 0) is 51.1 Å². The number of nitrogens with zero attached hydrogens (tertiary/aromatic N) is 4. The van der Waals surface area contributed by atoms with Gasteiger partial charge in [-0.1, -0.05) is 0 Å². The van der Waals surface area contributed by atoms with Crippen molar-refractivity contribution in [1.29, 1.82) is 0 Å². The average Bonchev–Trinajstić information content (AvgIpc) is 2.76. The Balaban J connectivity index is 2.12. The topological polar surface area (TPSA) is 189 Å². The zero-order chi connectivity index (χ0) is 23.6. The Bertz CT molecular complexity index is 669. The maximum atomic E-state index is 11.7. The number of hydrogen-bond donors (Lipinski definition) is 2. The van der Waals surface area contributed by atoms with Gasteiger partial charge in [0.2, 0.25) is 5.91 Å². The molecule has 1 rings (SSSR count). The molecule has 14 heteroatoms. The monoisotopic (exact) mass is 457 g/mol. The summed E-state index contributed by atoms with van der Waals surface area (Å²) >= 11 is 0. The van der Waals surface area contributed by atoms with Crippen LogP contribution >= 0.6 is 0 Å². The molecule has 0 fully saturated rings. The summed E-state index contributed by atoms with van der Waals surface area (Å²) in [4.78, 5) is 44.3. The highest BCUT2D eigenvalue weighted by atomic mass is 16.5. The third-order valence-electron chi connectivity index (χ3n) is 3.40. The number of rotatable bonds is 19. The number of ketones is 2. The van der Waals surface area contributed by atoms with Crippen LogP contribution in [0.1, 0.15) is 25.0 Å². The number of carbonyl (C=O) groups excluding carboxylic acids is 3. The Labute approximate surface area is 184 Å². The van der Waals surface area contributed by atoms with Gasteiger partial charge in [0.1, 0.15) is 26.4 Å². The lowest BCUT2D eigenvalue weighted by Crippen LogP contribution is -2.29. The Morgan fingerprint density at radius 3 is 1.91 bits per heavy atom. The molecule has 1 amide bonds. The molecule has 0 spiro atoms. The predicted octanol–water partition coefficient (Wildman–Crippen LogP) is -1.88. The molecule has 1 aromatic heterocycles. The minimum absolute atomic E-state index is 0.0104. The van der Waals surface area contributed by atoms with Crippen molar-refractivity contribution in [3.05, 3.63) is 11.6 Å². The number of carboxylic acids is 1. The fourth-order valence-corrected chi connectivity index (χ4v) is 1.96. The molecule has 178 valence electrons. The number of carbonyl (C=O) groups is 4. The van der Waals surface area contributed by atoms with Crippen LogP contribution in [0, 0.1) is 0 Å². The number of hydrogen-bond acceptors (Lipinski definition) is 12. The molecule has 32 heavy (non-hydrogen) atoms. The summed E-state index contributed by atoms with van der Waals surface area (Å²) in [6.07, 6.45) is 0.354. The zero-order valence-corrected chi connectivity index (χ0v) is 17.8. The largest absolute Gasteiger partial charge is 0.480 e. The summed E-state index contributed by atoms with van der Waals surface area (Å²) in [6.45, 7) is 1.28. The van der Waals surface area contributed by atoms with Crippen LogP contribution in [0.2, 0.25) is 0 Å². The standard InChI is InChI=1S/C18H27N5O9/c1-13(24)9-29-4-6-31-11-17(26)19-8-16-22-20-15(21-23-16)3-2-14(25)10-30-5-7-32-12-18(27)28/h2-12H2,1H3,(H,19,26)(H,27,28). The molecular weight excluding hydrogens is 430 g/mol. The maximum absolute atomic E-state index is 11.7. The minimum atomic E-state index is -1.07. The normalized spacial score (nSPS) is 10.7. The van der Waals surface area contributed by atoms with Gasteiger partial charge in [-0.3, -0.25) is 14.4 Å². The summed E-state index contributed by atoms with van der Waals surface area (Å²) in [5.74, 6) is -1.27. The summed E-state index contributed by atoms with van der Waals surface area (Å²) in [7, 11) is 0. The molecule has 0 saturated carbocycles. The van der Waals surface area contributed by atoms with E-state index in [1.54, 1.807) is 0 Å². The number of Topliss-reactive ketones (excluding diaryl/α,β-unsaturated/α-hetero) is 2. The maximum Gasteiger partial charge on any atom is 0.329 e. The van der Waals surface area contributed by atoms with Crippen LogP contribution in [0.25, 0.3) is 0 Å². The first-order valence-corrected chi connectivity index (χ1v) is 9.72. The van der Waals surface area contributed by atoms with E-state index in [2.05, 4.69) is 25.7 Å². The van der Waals surface area contributed by atoms with E-state index in [1.807, 2.05) is 0 Å². The molecule has 0 aliphatic carbocycles. The second-order valence-electron chi connectivity index (χ2n) is 6.35. The third-order valence-corrected chi connectivity index (χ3v) is 3.40. The lowest BCUT2D eigenvalue weighted by atomic mass is 10.2. The summed E-state index contributed by atoms with van der Waals surface area (Å²) in [5.41, 5.74) is 0. The summed E-state index contributed by atoms with van der Waals surface area (Å²) in [5, 5.41) is 26.3. The fourth-order valence-electron chi connectivity index (χ4n) is 1.96. The van der Waals surface area contributed by atoms with Crippen LogP contribution in [0.3, 0.4) is 0 Å². The van der Waals surface area contributed by atoms with Gasteiger partial charge in [0.15, 0.2) is 23.2 Å². The van der Waals surface area contributed by atoms with E-state index in [9.17, 15) is 19.2 Å². The second kappa shape index (κ2) is 16.7. The average molecular weight is 457 g/mol. The molecule has 0 unspecified atom stereocenters. The molecule has 0 aliphatic rings. The highest BCUT2D eigenvalue weighted by Crippen LogP contribution is 1.96. The fraction of sp³-hybridized carbons (Fsp3) is 0.667. The lowest BCUT2D eigenvalue weighted by molar-refractivity contribution is -0.143. The van der Waals surface area contributed by atoms with E-state index in [4.69, 9.17) is 24.1 Å². The molecule has 0 aliphatic heterocycles. The van der Waals surface area contributed by atoms with Crippen LogP contribution in [0.5, 0.6) is 0 Å². The van der Waals surface area contributed by atoms with Gasteiger partial charge in [-0.25, -0.2) is 4.79 Å². The van der Waals surface area contributed by atoms with E-state index >= 15 is 0 Å². The molecule has 1 aromatic rings. The zero-order valence-electron chi connectivity index (χ0n) is 17.8. The van der Waals surface area contributed by atoms with Crippen molar-refractivity contribution in [3.8, 4) is 0 Å². The van der Waals surface area contributed by atoms with E-state index in [0.29, 0.717) is 0 Å². The van der Waals surface area contributed by atoms with Gasteiger partial charge in [0.05, 0.1) is 33.0 Å². The van der Waals surface area contributed by atoms with Gasteiger partial charge in [-0.2, -0.15) is 0 Å². The molecule has 0 bridgehead atoms. The number of aliphatic carboxylic acids is 1. The van der Waals surface area contributed by atoms with Crippen molar-refractivity contribution < 1.29 is 43.2 Å². The second-order valence-corrected chi connectivity index (χ2v) is 6.35. The SMILES string of the molecule is CC(=O)COCCOCC(=O)NCc1nnc(CCC(=O)COCCOCC(=O)O)nn1. The van der Waals surface area contributed by atoms with Crippen LogP contribution < -0.4 is 5.32 Å². The Hall–Kier alpha value is -2.94. The van der Waals surface area contributed by atoms with Gasteiger partial charge in [0.25, 0.3) is 0 Å². The Morgan fingerprint density at radius 2 is 1.31 bits per heavy atom. The smallest absolute Gasteiger partial charge is 0.329 e. The molecule has 0 atom stereocenters. The van der Waals surface area contributed by atoms with E-state index < -0.39 is 12.6 Å².